The number of esters is 1. The smallest absolute Gasteiger partial charge is 0.338 e. The topological polar surface area (TPSA) is 88.8 Å². The molecule has 0 atom stereocenters. The van der Waals surface area contributed by atoms with E-state index in [1.54, 1.807) is 17.0 Å². The maximum atomic E-state index is 13.2. The average molecular weight is 443 g/mol. The minimum absolute atomic E-state index is 0.0671. The molecule has 1 aromatic heterocycles. The second-order valence-corrected chi connectivity index (χ2v) is 8.68. The molecule has 2 N–H and O–H groups in total. The van der Waals surface area contributed by atoms with Crippen LogP contribution in [0.4, 0.5) is 10.6 Å². The molecule has 2 amide bonds. The molecule has 1 saturated heterocycles. The number of nitrogens with two attached hydrogens (primary N) is 1. The van der Waals surface area contributed by atoms with Crippen molar-refractivity contribution < 1.29 is 14.3 Å². The van der Waals surface area contributed by atoms with Gasteiger partial charge in [-0.2, -0.15) is 0 Å². The SMILES string of the molecule is COC(=O)c1ccnc(N2CCN([C@H]3CC[C@](CN)(c4cccc(Cl)c4)CC3)C2=O)c1. The number of halogens is 1. The van der Waals surface area contributed by atoms with Crippen molar-refractivity contribution in [3.05, 3.63) is 58.7 Å². The number of carbonyl (C=O) groups excluding carboxylic acids is 2. The third kappa shape index (κ3) is 4.12. The van der Waals surface area contributed by atoms with E-state index in [9.17, 15) is 9.59 Å². The van der Waals surface area contributed by atoms with Crippen molar-refractivity contribution >= 4 is 29.4 Å². The average Bonchev–Trinajstić information content (AvgIpc) is 3.20. The summed E-state index contributed by atoms with van der Waals surface area (Å²) in [4.78, 5) is 32.8. The van der Waals surface area contributed by atoms with Gasteiger partial charge in [0.1, 0.15) is 5.82 Å². The summed E-state index contributed by atoms with van der Waals surface area (Å²) in [6, 6.07) is 11.2. The fourth-order valence-corrected chi connectivity index (χ4v) is 5.00. The molecule has 2 aromatic rings. The number of rotatable bonds is 5. The molecular weight excluding hydrogens is 416 g/mol. The first-order valence-corrected chi connectivity index (χ1v) is 10.9. The molecule has 1 aromatic carbocycles. The van der Waals surface area contributed by atoms with E-state index in [1.807, 2.05) is 23.1 Å². The minimum Gasteiger partial charge on any atom is -0.465 e. The molecule has 0 spiro atoms. The Morgan fingerprint density at radius 3 is 2.71 bits per heavy atom. The number of pyridine rings is 1. The molecule has 2 aliphatic rings. The fraction of sp³-hybridized carbons (Fsp3) is 0.435. The highest BCUT2D eigenvalue weighted by molar-refractivity contribution is 6.30. The normalized spacial score (nSPS) is 23.8. The number of methoxy groups -OCH3 is 1. The lowest BCUT2D eigenvalue weighted by atomic mass is 9.68. The number of aromatic nitrogens is 1. The van der Waals surface area contributed by atoms with Crippen molar-refractivity contribution in [2.45, 2.75) is 37.1 Å². The summed E-state index contributed by atoms with van der Waals surface area (Å²) < 4.78 is 4.77. The van der Waals surface area contributed by atoms with E-state index in [0.29, 0.717) is 31.0 Å². The lowest BCUT2D eigenvalue weighted by molar-refractivity contribution is 0.0600. The van der Waals surface area contributed by atoms with Crippen LogP contribution in [-0.2, 0) is 10.2 Å². The van der Waals surface area contributed by atoms with Gasteiger partial charge in [-0.05, 0) is 55.5 Å². The number of carbonyl (C=O) groups is 2. The number of nitrogens with zero attached hydrogens (tertiary/aromatic N) is 3. The van der Waals surface area contributed by atoms with Crippen LogP contribution in [0.3, 0.4) is 0 Å². The molecule has 31 heavy (non-hydrogen) atoms. The third-order valence-corrected chi connectivity index (χ3v) is 6.90. The Morgan fingerprint density at radius 1 is 1.26 bits per heavy atom. The van der Waals surface area contributed by atoms with Crippen LogP contribution in [0.5, 0.6) is 0 Å². The maximum absolute atomic E-state index is 13.2. The number of anilines is 1. The number of amides is 2. The number of ether oxygens (including phenoxy) is 1. The highest BCUT2D eigenvalue weighted by Gasteiger charge is 2.41. The zero-order chi connectivity index (χ0) is 22.0. The lowest BCUT2D eigenvalue weighted by Gasteiger charge is -2.42. The molecule has 4 rings (SSSR count). The molecule has 1 saturated carbocycles. The minimum atomic E-state index is -0.446. The summed E-state index contributed by atoms with van der Waals surface area (Å²) in [7, 11) is 1.33. The van der Waals surface area contributed by atoms with Gasteiger partial charge in [-0.15, -0.1) is 0 Å². The van der Waals surface area contributed by atoms with Gasteiger partial charge in [-0.1, -0.05) is 23.7 Å². The molecule has 7 nitrogen and oxygen atoms in total. The molecule has 8 heteroatoms. The van der Waals surface area contributed by atoms with E-state index in [1.165, 1.54) is 18.9 Å². The van der Waals surface area contributed by atoms with Crippen LogP contribution in [0, 0.1) is 0 Å². The Labute approximate surface area is 187 Å². The van der Waals surface area contributed by atoms with E-state index in [4.69, 9.17) is 22.1 Å². The Morgan fingerprint density at radius 2 is 2.03 bits per heavy atom. The van der Waals surface area contributed by atoms with Gasteiger partial charge in [0.2, 0.25) is 0 Å². The first-order valence-electron chi connectivity index (χ1n) is 10.6. The van der Waals surface area contributed by atoms with Crippen LogP contribution < -0.4 is 10.6 Å². The molecule has 1 aliphatic carbocycles. The largest absolute Gasteiger partial charge is 0.465 e. The predicted octanol–water partition coefficient (Wildman–Crippen LogP) is 3.60. The zero-order valence-electron chi connectivity index (χ0n) is 17.6. The Balaban J connectivity index is 1.45. The molecule has 2 fully saturated rings. The second kappa shape index (κ2) is 8.85. The molecule has 1 aliphatic heterocycles. The first-order chi connectivity index (χ1) is 15.0. The van der Waals surface area contributed by atoms with Gasteiger partial charge in [0.05, 0.1) is 12.7 Å². The van der Waals surface area contributed by atoms with E-state index >= 15 is 0 Å². The van der Waals surface area contributed by atoms with Crippen LogP contribution in [0.15, 0.2) is 42.6 Å². The van der Waals surface area contributed by atoms with Crippen LogP contribution in [0.1, 0.15) is 41.6 Å². The van der Waals surface area contributed by atoms with Crippen LogP contribution in [-0.4, -0.2) is 54.7 Å². The summed E-state index contributed by atoms with van der Waals surface area (Å²) in [5.74, 6) is 0.0278. The first kappa shape index (κ1) is 21.6. The summed E-state index contributed by atoms with van der Waals surface area (Å²) in [6.45, 7) is 1.74. The molecule has 0 bridgehead atoms. The van der Waals surface area contributed by atoms with Gasteiger partial charge in [-0.3, -0.25) is 4.90 Å². The summed E-state index contributed by atoms with van der Waals surface area (Å²) in [6.07, 6.45) is 5.12. The zero-order valence-corrected chi connectivity index (χ0v) is 18.3. The highest BCUT2D eigenvalue weighted by atomic mass is 35.5. The van der Waals surface area contributed by atoms with Crippen LogP contribution in [0.2, 0.25) is 5.02 Å². The van der Waals surface area contributed by atoms with Crippen LogP contribution in [0.25, 0.3) is 0 Å². The Bertz CT molecular complexity index is 975. The van der Waals surface area contributed by atoms with Crippen molar-refractivity contribution in [1.29, 1.82) is 0 Å². The molecule has 0 radical (unpaired) electrons. The van der Waals surface area contributed by atoms with E-state index in [0.717, 1.165) is 30.7 Å². The number of hydrogen-bond acceptors (Lipinski definition) is 5. The number of benzene rings is 1. The van der Waals surface area contributed by atoms with Crippen LogP contribution >= 0.6 is 11.6 Å². The maximum Gasteiger partial charge on any atom is 0.338 e. The van der Waals surface area contributed by atoms with Gasteiger partial charge in [0.25, 0.3) is 0 Å². The molecule has 0 unspecified atom stereocenters. The fourth-order valence-electron chi connectivity index (χ4n) is 4.81. The summed E-state index contributed by atoms with van der Waals surface area (Å²) in [5, 5.41) is 0.722. The lowest BCUT2D eigenvalue weighted by Crippen LogP contribution is -2.47. The van der Waals surface area contributed by atoms with E-state index < -0.39 is 5.97 Å². The van der Waals surface area contributed by atoms with E-state index in [2.05, 4.69) is 11.1 Å². The molecular formula is C23H27ClN4O3. The van der Waals surface area contributed by atoms with Crippen molar-refractivity contribution in [2.75, 3.05) is 31.6 Å². The Kier molecular flexibility index (Phi) is 6.16. The summed E-state index contributed by atoms with van der Waals surface area (Å²) >= 11 is 6.21. The highest BCUT2D eigenvalue weighted by Crippen LogP contribution is 2.41. The predicted molar refractivity (Wildman–Crippen MR) is 119 cm³/mol. The van der Waals surface area contributed by atoms with Gasteiger partial charge >= 0.3 is 12.0 Å². The van der Waals surface area contributed by atoms with Gasteiger partial charge in [0, 0.05) is 42.3 Å². The van der Waals surface area contributed by atoms with Crippen molar-refractivity contribution in [3.8, 4) is 0 Å². The second-order valence-electron chi connectivity index (χ2n) is 8.25. The molecule has 2 heterocycles. The Hall–Kier alpha value is -2.64. The van der Waals surface area contributed by atoms with E-state index in [-0.39, 0.29) is 17.5 Å². The number of hydrogen-bond donors (Lipinski definition) is 1. The van der Waals surface area contributed by atoms with Crippen molar-refractivity contribution in [3.63, 3.8) is 0 Å². The standard InChI is InChI=1S/C23H27ClN4O3/c1-31-21(29)16-7-10-26-20(13-16)28-12-11-27(22(28)30)19-5-8-23(15-25,9-6-19)17-3-2-4-18(24)14-17/h2-4,7,10,13-14,19H,5-6,8-9,11-12,15,25H2,1H3/t19-,23-. The van der Waals surface area contributed by atoms with Gasteiger partial charge in [0.15, 0.2) is 0 Å². The van der Waals surface area contributed by atoms with Crippen molar-refractivity contribution in [2.24, 2.45) is 5.73 Å². The quantitative estimate of drug-likeness (QED) is 0.714. The van der Waals surface area contributed by atoms with Gasteiger partial charge in [-0.25, -0.2) is 14.6 Å². The van der Waals surface area contributed by atoms with Crippen molar-refractivity contribution in [1.82, 2.24) is 9.88 Å². The third-order valence-electron chi connectivity index (χ3n) is 6.66. The summed E-state index contributed by atoms with van der Waals surface area (Å²) in [5.41, 5.74) is 7.68. The number of urea groups is 1. The molecule has 164 valence electrons. The van der Waals surface area contributed by atoms with Gasteiger partial charge < -0.3 is 15.4 Å². The monoisotopic (exact) mass is 442 g/mol.